The number of nitrogens with one attached hydrogen (secondary N) is 3. The molecular weight excluding hydrogens is 444 g/mol. The summed E-state index contributed by atoms with van der Waals surface area (Å²) in [5.41, 5.74) is 3.67. The number of benzene rings is 2. The lowest BCUT2D eigenvalue weighted by Crippen LogP contribution is -2.52. The van der Waals surface area contributed by atoms with Gasteiger partial charge in [-0.15, -0.1) is 0 Å². The Kier molecular flexibility index (Phi) is 6.53. The molecule has 3 aliphatic rings. The molecule has 0 radical (unpaired) electrons. The summed E-state index contributed by atoms with van der Waals surface area (Å²) in [6.45, 7) is 0.677. The second kappa shape index (κ2) is 9.90. The number of rotatable bonds is 5. The average Bonchev–Trinajstić information content (AvgIpc) is 3.19. The first kappa shape index (κ1) is 23.1. The molecule has 5 amide bonds. The minimum Gasteiger partial charge on any atom is -0.335 e. The smallest absolute Gasteiger partial charge is 0.315 e. The summed E-state index contributed by atoms with van der Waals surface area (Å²) in [4.78, 5) is 50.5. The molecule has 1 saturated heterocycles. The minimum absolute atomic E-state index is 0.176. The highest BCUT2D eigenvalue weighted by Crippen LogP contribution is 2.32. The van der Waals surface area contributed by atoms with Gasteiger partial charge in [0.1, 0.15) is 6.04 Å². The van der Waals surface area contributed by atoms with Crippen molar-refractivity contribution in [1.29, 1.82) is 0 Å². The lowest BCUT2D eigenvalue weighted by molar-refractivity contribution is -0.136. The highest BCUT2D eigenvalue weighted by Gasteiger charge is 2.39. The van der Waals surface area contributed by atoms with E-state index in [1.807, 2.05) is 18.2 Å². The quantitative estimate of drug-likeness (QED) is 0.579. The highest BCUT2D eigenvalue weighted by atomic mass is 16.2. The maximum absolute atomic E-state index is 12.8. The standard InChI is InChI=1S/C27H30N4O4/c32-24-13-12-23(25(33)30-24)31-16-20-14-17(6-11-22(20)26(31)34)15-28-27(35)29-21-9-7-19(8-10-21)18-4-2-1-3-5-18/h1-6,11,14,19,21,23H,7-10,12-13,15-16H2,(H2,28,29,35)(H,30,32,33). The Balaban J connectivity index is 1.11. The maximum Gasteiger partial charge on any atom is 0.315 e. The molecular formula is C27H30N4O4. The Bertz CT molecular complexity index is 1140. The van der Waals surface area contributed by atoms with E-state index < -0.39 is 11.9 Å². The van der Waals surface area contributed by atoms with Crippen molar-refractivity contribution in [3.8, 4) is 0 Å². The number of carbonyl (C=O) groups excluding carboxylic acids is 4. The van der Waals surface area contributed by atoms with Crippen molar-refractivity contribution in [3.05, 3.63) is 70.8 Å². The SMILES string of the molecule is O=C1CCC(N2Cc3cc(CNC(=O)NC4CCC(c5ccccc5)CC4)ccc3C2=O)C(=O)N1. The van der Waals surface area contributed by atoms with E-state index in [1.165, 1.54) is 10.5 Å². The van der Waals surface area contributed by atoms with E-state index in [0.29, 0.717) is 31.0 Å². The molecule has 0 spiro atoms. The number of hydrogen-bond acceptors (Lipinski definition) is 4. The van der Waals surface area contributed by atoms with Gasteiger partial charge in [0, 0.05) is 31.1 Å². The average molecular weight is 475 g/mol. The number of hydrogen-bond donors (Lipinski definition) is 3. The van der Waals surface area contributed by atoms with Gasteiger partial charge in [-0.05, 0) is 60.8 Å². The third-order valence-corrected chi connectivity index (χ3v) is 7.37. The Morgan fingerprint density at radius 2 is 1.74 bits per heavy atom. The van der Waals surface area contributed by atoms with Crippen LogP contribution in [0.15, 0.2) is 48.5 Å². The largest absolute Gasteiger partial charge is 0.335 e. The van der Waals surface area contributed by atoms with Crippen LogP contribution < -0.4 is 16.0 Å². The lowest BCUT2D eigenvalue weighted by Gasteiger charge is -2.29. The number of fused-ring (bicyclic) bond motifs is 1. The van der Waals surface area contributed by atoms with E-state index in [-0.39, 0.29) is 30.3 Å². The van der Waals surface area contributed by atoms with Crippen LogP contribution >= 0.6 is 0 Å². The number of piperidine rings is 1. The summed E-state index contributed by atoms with van der Waals surface area (Å²) in [5.74, 6) is -0.353. The predicted octanol–water partition coefficient (Wildman–Crippen LogP) is 2.97. The van der Waals surface area contributed by atoms with Gasteiger partial charge >= 0.3 is 6.03 Å². The number of amides is 5. The third kappa shape index (κ3) is 5.06. The van der Waals surface area contributed by atoms with Gasteiger partial charge in [0.25, 0.3) is 5.91 Å². The van der Waals surface area contributed by atoms with Crippen LogP contribution in [0.3, 0.4) is 0 Å². The summed E-state index contributed by atoms with van der Waals surface area (Å²) in [7, 11) is 0. The zero-order chi connectivity index (χ0) is 24.4. The van der Waals surface area contributed by atoms with Gasteiger partial charge in [0.2, 0.25) is 11.8 Å². The molecule has 2 aliphatic heterocycles. The topological polar surface area (TPSA) is 108 Å². The molecule has 1 atom stereocenters. The summed E-state index contributed by atoms with van der Waals surface area (Å²) in [5, 5.41) is 8.34. The van der Waals surface area contributed by atoms with Crippen molar-refractivity contribution in [2.75, 3.05) is 0 Å². The second-order valence-corrected chi connectivity index (χ2v) is 9.68. The van der Waals surface area contributed by atoms with E-state index in [2.05, 4.69) is 40.2 Å². The monoisotopic (exact) mass is 474 g/mol. The summed E-state index contributed by atoms with van der Waals surface area (Å²) >= 11 is 0. The molecule has 2 aromatic rings. The first-order valence-electron chi connectivity index (χ1n) is 12.3. The van der Waals surface area contributed by atoms with Crippen LogP contribution in [-0.4, -0.2) is 40.7 Å². The van der Waals surface area contributed by atoms with E-state index in [0.717, 1.165) is 36.8 Å². The number of urea groups is 1. The van der Waals surface area contributed by atoms with Crippen LogP contribution in [0, 0.1) is 0 Å². The van der Waals surface area contributed by atoms with Gasteiger partial charge in [0.15, 0.2) is 0 Å². The van der Waals surface area contributed by atoms with Crippen molar-refractivity contribution in [1.82, 2.24) is 20.9 Å². The number of imide groups is 1. The van der Waals surface area contributed by atoms with E-state index >= 15 is 0 Å². The first-order chi connectivity index (χ1) is 17.0. The van der Waals surface area contributed by atoms with Crippen molar-refractivity contribution in [2.24, 2.45) is 0 Å². The molecule has 2 heterocycles. The molecule has 35 heavy (non-hydrogen) atoms. The molecule has 0 aromatic heterocycles. The first-order valence-corrected chi connectivity index (χ1v) is 12.3. The normalized spacial score (nSPS) is 24.1. The molecule has 1 unspecified atom stereocenters. The van der Waals surface area contributed by atoms with Gasteiger partial charge < -0.3 is 15.5 Å². The molecule has 8 heteroatoms. The van der Waals surface area contributed by atoms with Crippen LogP contribution in [0.4, 0.5) is 4.79 Å². The zero-order valence-electron chi connectivity index (χ0n) is 19.6. The Morgan fingerprint density at radius 1 is 0.971 bits per heavy atom. The summed E-state index contributed by atoms with van der Waals surface area (Å²) in [6, 6.07) is 15.4. The Morgan fingerprint density at radius 3 is 2.49 bits per heavy atom. The number of nitrogens with zero attached hydrogens (tertiary/aromatic N) is 1. The Labute approximate surface area is 204 Å². The summed E-state index contributed by atoms with van der Waals surface area (Å²) < 4.78 is 0. The fraction of sp³-hybridized carbons (Fsp3) is 0.407. The lowest BCUT2D eigenvalue weighted by atomic mass is 9.82. The molecule has 1 saturated carbocycles. The van der Waals surface area contributed by atoms with E-state index in [1.54, 1.807) is 6.07 Å². The van der Waals surface area contributed by atoms with Crippen LogP contribution in [0.2, 0.25) is 0 Å². The van der Waals surface area contributed by atoms with Gasteiger partial charge in [0.05, 0.1) is 0 Å². The molecule has 182 valence electrons. The van der Waals surface area contributed by atoms with Crippen molar-refractivity contribution < 1.29 is 19.2 Å². The van der Waals surface area contributed by atoms with E-state index in [4.69, 9.17) is 0 Å². The fourth-order valence-electron chi connectivity index (χ4n) is 5.45. The van der Waals surface area contributed by atoms with Crippen LogP contribution in [-0.2, 0) is 22.7 Å². The Hall–Kier alpha value is -3.68. The number of carbonyl (C=O) groups is 4. The van der Waals surface area contributed by atoms with Gasteiger partial charge in [-0.3, -0.25) is 19.7 Å². The van der Waals surface area contributed by atoms with Gasteiger partial charge in [-0.25, -0.2) is 4.79 Å². The van der Waals surface area contributed by atoms with E-state index in [9.17, 15) is 19.2 Å². The third-order valence-electron chi connectivity index (χ3n) is 7.37. The molecule has 1 aliphatic carbocycles. The maximum atomic E-state index is 12.8. The van der Waals surface area contributed by atoms with Crippen molar-refractivity contribution in [3.63, 3.8) is 0 Å². The highest BCUT2D eigenvalue weighted by molar-refractivity contribution is 6.05. The predicted molar refractivity (Wildman–Crippen MR) is 129 cm³/mol. The van der Waals surface area contributed by atoms with Crippen molar-refractivity contribution in [2.45, 2.75) is 69.6 Å². The van der Waals surface area contributed by atoms with Crippen LogP contribution in [0.25, 0.3) is 0 Å². The molecule has 3 N–H and O–H groups in total. The molecule has 2 fully saturated rings. The second-order valence-electron chi connectivity index (χ2n) is 9.68. The van der Waals surface area contributed by atoms with Crippen LogP contribution in [0.1, 0.15) is 71.5 Å². The molecule has 0 bridgehead atoms. The molecule has 8 nitrogen and oxygen atoms in total. The van der Waals surface area contributed by atoms with Crippen LogP contribution in [0.5, 0.6) is 0 Å². The van der Waals surface area contributed by atoms with Gasteiger partial charge in [-0.1, -0.05) is 42.5 Å². The molecule has 2 aromatic carbocycles. The zero-order valence-corrected chi connectivity index (χ0v) is 19.6. The fourth-order valence-corrected chi connectivity index (χ4v) is 5.45. The van der Waals surface area contributed by atoms with Crippen molar-refractivity contribution >= 4 is 23.8 Å². The molecule has 5 rings (SSSR count). The minimum atomic E-state index is -0.628. The van der Waals surface area contributed by atoms with Gasteiger partial charge in [-0.2, -0.15) is 0 Å². The summed E-state index contributed by atoms with van der Waals surface area (Å²) in [6.07, 6.45) is 4.63.